The predicted octanol–water partition coefficient (Wildman–Crippen LogP) is 0.282. The Morgan fingerprint density at radius 2 is 2.30 bits per heavy atom. The van der Waals surface area contributed by atoms with E-state index in [0.29, 0.717) is 6.47 Å². The molecule has 54 valence electrons. The molecule has 0 aromatic rings. The van der Waals surface area contributed by atoms with Crippen molar-refractivity contribution in [2.24, 2.45) is 10.2 Å². The van der Waals surface area contributed by atoms with Crippen LogP contribution in [0.1, 0.15) is 0 Å². The van der Waals surface area contributed by atoms with Crippen LogP contribution < -0.4 is 0 Å². The van der Waals surface area contributed by atoms with Crippen LogP contribution in [0.2, 0.25) is 0 Å². The van der Waals surface area contributed by atoms with Crippen molar-refractivity contribution < 1.29 is 14.3 Å². The second-order valence-corrected chi connectivity index (χ2v) is 1.20. The molecule has 0 radical (unpaired) electrons. The summed E-state index contributed by atoms with van der Waals surface area (Å²) in [4.78, 5) is 18.8. The van der Waals surface area contributed by atoms with E-state index in [4.69, 9.17) is 4.79 Å². The zero-order valence-corrected chi connectivity index (χ0v) is 5.35. The zero-order chi connectivity index (χ0) is 7.82. The van der Waals surface area contributed by atoms with Gasteiger partial charge in [-0.05, 0) is 0 Å². The first-order chi connectivity index (χ1) is 4.81. The van der Waals surface area contributed by atoms with E-state index < -0.39 is 0 Å². The van der Waals surface area contributed by atoms with Crippen LogP contribution in [0.3, 0.4) is 0 Å². The number of azo groups is 1. The van der Waals surface area contributed by atoms with Gasteiger partial charge in [-0.1, -0.05) is 0 Å². The van der Waals surface area contributed by atoms with E-state index in [1.165, 1.54) is 19.4 Å². The summed E-state index contributed by atoms with van der Waals surface area (Å²) >= 11 is 0. The van der Waals surface area contributed by atoms with E-state index in [2.05, 4.69) is 15.0 Å². The fourth-order valence-corrected chi connectivity index (χ4v) is 0.221. The molecule has 1 heterocycles. The molecule has 0 atom stereocenters. The summed E-state index contributed by atoms with van der Waals surface area (Å²) in [6.07, 6.45) is 2.67. The molecule has 0 spiro atoms. The Hall–Kier alpha value is -1.52. The number of hydrogen-bond donors (Lipinski definition) is 0. The van der Waals surface area contributed by atoms with E-state index in [1.807, 2.05) is 0 Å². The highest BCUT2D eigenvalue weighted by molar-refractivity contribution is 5.89. The Labute approximate surface area is 57.4 Å². The molecule has 5 nitrogen and oxygen atoms in total. The number of carbonyl (C=O) groups is 2. The lowest BCUT2D eigenvalue weighted by molar-refractivity contribution is -0.126. The Bertz CT molecular complexity index is 160. The Morgan fingerprint density at radius 3 is 2.40 bits per heavy atom. The Balaban J connectivity index is 0.000000180. The molecule has 5 heteroatoms. The van der Waals surface area contributed by atoms with Crippen LogP contribution in [0.15, 0.2) is 22.5 Å². The Morgan fingerprint density at radius 1 is 1.70 bits per heavy atom. The number of amides is 1. The first-order valence-corrected chi connectivity index (χ1v) is 2.39. The van der Waals surface area contributed by atoms with Crippen LogP contribution in [0.5, 0.6) is 0 Å². The average Bonchev–Trinajstić information content (AvgIpc) is 2.40. The smallest absolute Gasteiger partial charge is 0.292 e. The fourth-order valence-electron chi connectivity index (χ4n) is 0.221. The third-order valence-corrected chi connectivity index (χ3v) is 0.536. The summed E-state index contributed by atoms with van der Waals surface area (Å²) in [5, 5.41) is 6.37. The highest BCUT2D eigenvalue weighted by atomic mass is 16.5. The molecule has 0 N–H and O–H groups in total. The summed E-state index contributed by atoms with van der Waals surface area (Å²) in [5.41, 5.74) is 0. The average molecular weight is 142 g/mol. The molecule has 0 aromatic heterocycles. The number of nitrogens with zero attached hydrogens (tertiary/aromatic N) is 2. The number of methoxy groups -OCH3 is 1. The minimum absolute atomic E-state index is 0.269. The van der Waals surface area contributed by atoms with Crippen molar-refractivity contribution in [3.63, 3.8) is 0 Å². The van der Waals surface area contributed by atoms with E-state index in [1.54, 1.807) is 0 Å². The number of rotatable bonds is 1. The molecule has 0 aliphatic carbocycles. The van der Waals surface area contributed by atoms with Crippen LogP contribution in [0.4, 0.5) is 0 Å². The van der Waals surface area contributed by atoms with Gasteiger partial charge in [0.2, 0.25) is 0 Å². The van der Waals surface area contributed by atoms with Crippen LogP contribution in [0, 0.1) is 0 Å². The highest BCUT2D eigenvalue weighted by Crippen LogP contribution is 1.90. The van der Waals surface area contributed by atoms with Gasteiger partial charge in [0.1, 0.15) is 0 Å². The maximum atomic E-state index is 9.90. The first kappa shape index (κ1) is 8.48. The normalized spacial score (nSPS) is 12.3. The molecule has 1 aliphatic rings. The van der Waals surface area contributed by atoms with Crippen LogP contribution in [-0.2, 0) is 14.3 Å². The summed E-state index contributed by atoms with van der Waals surface area (Å²) in [6.45, 7) is 0.375. The van der Waals surface area contributed by atoms with Crippen molar-refractivity contribution >= 4 is 12.4 Å². The minimum atomic E-state index is -0.269. The number of carbonyl (C=O) groups excluding carboxylic acids is 2. The van der Waals surface area contributed by atoms with Gasteiger partial charge in [-0.2, -0.15) is 5.11 Å². The summed E-state index contributed by atoms with van der Waals surface area (Å²) < 4.78 is 3.86. The number of ether oxygens (including phenoxy) is 1. The van der Waals surface area contributed by atoms with Gasteiger partial charge in [-0.25, -0.2) is 0 Å². The van der Waals surface area contributed by atoms with Gasteiger partial charge >= 0.3 is 0 Å². The topological polar surface area (TPSA) is 68.1 Å². The molecule has 1 rings (SSSR count). The van der Waals surface area contributed by atoms with Crippen LogP contribution in [-0.4, -0.2) is 19.5 Å². The monoisotopic (exact) mass is 142 g/mol. The van der Waals surface area contributed by atoms with E-state index in [9.17, 15) is 4.79 Å². The third-order valence-electron chi connectivity index (χ3n) is 0.536. The van der Waals surface area contributed by atoms with E-state index in [0.717, 1.165) is 0 Å². The molecule has 1 amide bonds. The molecule has 0 saturated heterocycles. The van der Waals surface area contributed by atoms with Crippen molar-refractivity contribution in [3.05, 3.63) is 12.3 Å². The van der Waals surface area contributed by atoms with Crippen molar-refractivity contribution in [1.29, 1.82) is 0 Å². The number of hydrogen-bond acceptors (Lipinski definition) is 4. The molecule has 0 saturated carbocycles. The first-order valence-electron chi connectivity index (χ1n) is 2.39. The third kappa shape index (κ3) is 4.63. The van der Waals surface area contributed by atoms with Gasteiger partial charge in [0.15, 0.2) is 0 Å². The fraction of sp³-hybridized carbons (Fsp3) is 0.200. The second kappa shape index (κ2) is 5.61. The van der Waals surface area contributed by atoms with Crippen molar-refractivity contribution in [1.82, 2.24) is 0 Å². The van der Waals surface area contributed by atoms with Gasteiger partial charge in [0, 0.05) is 6.08 Å². The molecular weight excluding hydrogens is 136 g/mol. The van der Waals surface area contributed by atoms with Gasteiger partial charge < -0.3 is 4.74 Å². The van der Waals surface area contributed by atoms with Crippen molar-refractivity contribution in [3.8, 4) is 0 Å². The zero-order valence-electron chi connectivity index (χ0n) is 5.35. The second-order valence-electron chi connectivity index (χ2n) is 1.20. The van der Waals surface area contributed by atoms with E-state index in [-0.39, 0.29) is 5.91 Å². The lowest BCUT2D eigenvalue weighted by atomic mass is 10.6. The Kier molecular flexibility index (Phi) is 4.76. The lowest BCUT2D eigenvalue weighted by Crippen LogP contribution is -1.74. The molecule has 1 aliphatic heterocycles. The van der Waals surface area contributed by atoms with E-state index >= 15 is 0 Å². The summed E-state index contributed by atoms with van der Waals surface area (Å²) in [7, 11) is 1.31. The largest absolute Gasteiger partial charge is 0.471 e. The lowest BCUT2D eigenvalue weighted by Gasteiger charge is -1.67. The SMILES string of the molecule is COC=O.O=C1C=CN=N1. The van der Waals surface area contributed by atoms with Gasteiger partial charge in [-0.15, -0.1) is 5.11 Å². The quantitative estimate of drug-likeness (QED) is 0.494. The van der Waals surface area contributed by atoms with Crippen LogP contribution in [0.25, 0.3) is 0 Å². The summed E-state index contributed by atoms with van der Waals surface area (Å²) in [6, 6.07) is 0. The molecule has 0 fully saturated rings. The summed E-state index contributed by atoms with van der Waals surface area (Å²) in [5.74, 6) is -0.269. The van der Waals surface area contributed by atoms with Crippen molar-refractivity contribution in [2.75, 3.05) is 7.11 Å². The molecule has 0 aromatic carbocycles. The molecule has 10 heavy (non-hydrogen) atoms. The van der Waals surface area contributed by atoms with Crippen LogP contribution >= 0.6 is 0 Å². The van der Waals surface area contributed by atoms with Gasteiger partial charge in [-0.3, -0.25) is 9.59 Å². The molecular formula is C5H6N2O3. The maximum absolute atomic E-state index is 9.90. The maximum Gasteiger partial charge on any atom is 0.292 e. The molecule has 0 unspecified atom stereocenters. The molecule has 0 bridgehead atoms. The highest BCUT2D eigenvalue weighted by Gasteiger charge is 1.92. The standard InChI is InChI=1S/C3H2N2O.C2H4O2/c6-3-1-2-4-5-3;1-4-2-3/h1-2H;2H,1H3. The predicted molar refractivity (Wildman–Crippen MR) is 32.1 cm³/mol. The van der Waals surface area contributed by atoms with Gasteiger partial charge in [0.05, 0.1) is 13.3 Å². The van der Waals surface area contributed by atoms with Crippen molar-refractivity contribution in [2.45, 2.75) is 0 Å². The van der Waals surface area contributed by atoms with Gasteiger partial charge in [0.25, 0.3) is 12.4 Å². The minimum Gasteiger partial charge on any atom is -0.471 e.